The molecule has 1 saturated heterocycles. The average Bonchev–Trinajstić information content (AvgIpc) is 3.01. The summed E-state index contributed by atoms with van der Waals surface area (Å²) in [6.45, 7) is 1.83. The van der Waals surface area contributed by atoms with Gasteiger partial charge in [0.05, 0.1) is 11.8 Å². The van der Waals surface area contributed by atoms with E-state index in [-0.39, 0.29) is 12.2 Å². The Hall–Kier alpha value is -0.910. The lowest BCUT2D eigenvalue weighted by Crippen LogP contribution is -2.40. The Kier molecular flexibility index (Phi) is 4.70. The van der Waals surface area contributed by atoms with Crippen LogP contribution >= 0.6 is 0 Å². The van der Waals surface area contributed by atoms with E-state index >= 15 is 0 Å². The SMILES string of the molecule is OC1CCC(NC[C@@H]2CCCO[C@H]2c2ccn[nH]2)CC1. The molecule has 2 heterocycles. The lowest BCUT2D eigenvalue weighted by atomic mass is 9.89. The van der Waals surface area contributed by atoms with Crippen molar-refractivity contribution < 1.29 is 9.84 Å². The number of ether oxygens (including phenoxy) is 1. The van der Waals surface area contributed by atoms with E-state index in [0.29, 0.717) is 12.0 Å². The number of H-pyrrole nitrogens is 1. The van der Waals surface area contributed by atoms with Crippen molar-refractivity contribution in [2.45, 2.75) is 56.8 Å². The Morgan fingerprint density at radius 3 is 2.90 bits per heavy atom. The Bertz CT molecular complexity index is 388. The molecule has 0 unspecified atom stereocenters. The minimum atomic E-state index is -0.0798. The second-order valence-corrected chi connectivity index (χ2v) is 6.12. The number of rotatable bonds is 4. The monoisotopic (exact) mass is 279 g/mol. The van der Waals surface area contributed by atoms with Crippen LogP contribution < -0.4 is 5.32 Å². The quantitative estimate of drug-likeness (QED) is 0.785. The van der Waals surface area contributed by atoms with Crippen LogP contribution in [0.5, 0.6) is 0 Å². The molecule has 2 fully saturated rings. The van der Waals surface area contributed by atoms with Gasteiger partial charge in [-0.3, -0.25) is 5.10 Å². The zero-order valence-corrected chi connectivity index (χ0v) is 11.9. The van der Waals surface area contributed by atoms with Crippen LogP contribution in [-0.4, -0.2) is 40.6 Å². The molecule has 0 spiro atoms. The van der Waals surface area contributed by atoms with Gasteiger partial charge in [-0.05, 0) is 44.6 Å². The molecule has 1 saturated carbocycles. The second-order valence-electron chi connectivity index (χ2n) is 6.12. The fourth-order valence-corrected chi connectivity index (χ4v) is 3.42. The van der Waals surface area contributed by atoms with E-state index in [1.807, 2.05) is 6.07 Å². The van der Waals surface area contributed by atoms with Gasteiger partial charge in [-0.25, -0.2) is 0 Å². The van der Waals surface area contributed by atoms with Crippen molar-refractivity contribution in [1.29, 1.82) is 0 Å². The van der Waals surface area contributed by atoms with Crippen LogP contribution in [0.1, 0.15) is 50.3 Å². The Balaban J connectivity index is 1.52. The molecule has 0 radical (unpaired) electrons. The van der Waals surface area contributed by atoms with Gasteiger partial charge in [0.15, 0.2) is 0 Å². The molecule has 112 valence electrons. The number of hydrogen-bond acceptors (Lipinski definition) is 4. The molecule has 20 heavy (non-hydrogen) atoms. The number of aromatic nitrogens is 2. The molecule has 1 aliphatic carbocycles. The van der Waals surface area contributed by atoms with Gasteiger partial charge in [0.25, 0.3) is 0 Å². The molecule has 0 amide bonds. The number of hydrogen-bond donors (Lipinski definition) is 3. The predicted octanol–water partition coefficient (Wildman–Crippen LogP) is 1.77. The first-order valence-electron chi connectivity index (χ1n) is 7.85. The van der Waals surface area contributed by atoms with Crippen LogP contribution in [0.15, 0.2) is 12.3 Å². The zero-order chi connectivity index (χ0) is 13.8. The van der Waals surface area contributed by atoms with Gasteiger partial charge in [-0.2, -0.15) is 5.10 Å². The summed E-state index contributed by atoms with van der Waals surface area (Å²) in [5, 5.41) is 20.3. The molecule has 3 N–H and O–H groups in total. The third kappa shape index (κ3) is 3.40. The summed E-state index contributed by atoms with van der Waals surface area (Å²) in [6.07, 6.45) is 8.24. The Morgan fingerprint density at radius 1 is 1.30 bits per heavy atom. The number of nitrogens with zero attached hydrogens (tertiary/aromatic N) is 1. The number of aliphatic hydroxyl groups is 1. The first-order chi connectivity index (χ1) is 9.83. The number of aromatic amines is 1. The highest BCUT2D eigenvalue weighted by atomic mass is 16.5. The molecule has 3 rings (SSSR count). The lowest BCUT2D eigenvalue weighted by Gasteiger charge is -2.33. The van der Waals surface area contributed by atoms with Crippen molar-refractivity contribution in [3.05, 3.63) is 18.0 Å². The summed E-state index contributed by atoms with van der Waals surface area (Å²) in [7, 11) is 0. The van der Waals surface area contributed by atoms with E-state index < -0.39 is 0 Å². The van der Waals surface area contributed by atoms with Crippen LogP contribution in [0.25, 0.3) is 0 Å². The lowest BCUT2D eigenvalue weighted by molar-refractivity contribution is -0.0316. The van der Waals surface area contributed by atoms with Crippen LogP contribution in [-0.2, 0) is 4.74 Å². The van der Waals surface area contributed by atoms with Crippen molar-refractivity contribution in [2.24, 2.45) is 5.92 Å². The van der Waals surface area contributed by atoms with E-state index in [1.54, 1.807) is 6.20 Å². The third-order valence-electron chi connectivity index (χ3n) is 4.64. The highest BCUT2D eigenvalue weighted by molar-refractivity contribution is 5.05. The van der Waals surface area contributed by atoms with Gasteiger partial charge < -0.3 is 15.2 Å². The first-order valence-corrected chi connectivity index (χ1v) is 7.85. The molecule has 2 aliphatic rings. The molecule has 1 aromatic heterocycles. The summed E-state index contributed by atoms with van der Waals surface area (Å²) in [5.74, 6) is 0.510. The summed E-state index contributed by atoms with van der Waals surface area (Å²) in [4.78, 5) is 0. The average molecular weight is 279 g/mol. The standard InChI is InChI=1S/C15H25N3O2/c19-13-5-3-12(4-6-13)16-10-11-2-1-9-20-15(11)14-7-8-17-18-14/h7-8,11-13,15-16,19H,1-6,9-10H2,(H,17,18)/t11-,12?,13?,15+/m0/s1. The fraction of sp³-hybridized carbons (Fsp3) is 0.800. The maximum Gasteiger partial charge on any atom is 0.103 e. The molecule has 5 nitrogen and oxygen atoms in total. The maximum absolute atomic E-state index is 9.55. The van der Waals surface area contributed by atoms with E-state index in [2.05, 4.69) is 15.5 Å². The van der Waals surface area contributed by atoms with Crippen LogP contribution in [0.3, 0.4) is 0 Å². The predicted molar refractivity (Wildman–Crippen MR) is 76.3 cm³/mol. The van der Waals surface area contributed by atoms with Crippen molar-refractivity contribution in [3.8, 4) is 0 Å². The summed E-state index contributed by atoms with van der Waals surface area (Å²) in [5.41, 5.74) is 1.09. The maximum atomic E-state index is 9.55. The molecular weight excluding hydrogens is 254 g/mol. The van der Waals surface area contributed by atoms with Crippen molar-refractivity contribution in [2.75, 3.05) is 13.2 Å². The second kappa shape index (κ2) is 6.70. The van der Waals surface area contributed by atoms with Crippen LogP contribution in [0.2, 0.25) is 0 Å². The molecule has 5 heteroatoms. The normalized spacial score (nSPS) is 35.0. The van der Waals surface area contributed by atoms with E-state index in [4.69, 9.17) is 4.74 Å². The van der Waals surface area contributed by atoms with Gasteiger partial charge >= 0.3 is 0 Å². The van der Waals surface area contributed by atoms with Crippen LogP contribution in [0, 0.1) is 5.92 Å². The zero-order valence-electron chi connectivity index (χ0n) is 11.9. The minimum Gasteiger partial charge on any atom is -0.393 e. The van der Waals surface area contributed by atoms with Crippen molar-refractivity contribution >= 4 is 0 Å². The van der Waals surface area contributed by atoms with Crippen molar-refractivity contribution in [1.82, 2.24) is 15.5 Å². The number of aliphatic hydroxyl groups excluding tert-OH is 1. The highest BCUT2D eigenvalue weighted by Crippen LogP contribution is 2.32. The third-order valence-corrected chi connectivity index (χ3v) is 4.64. The largest absolute Gasteiger partial charge is 0.393 e. The van der Waals surface area contributed by atoms with E-state index in [1.165, 1.54) is 6.42 Å². The summed E-state index contributed by atoms with van der Waals surface area (Å²) < 4.78 is 5.94. The highest BCUT2D eigenvalue weighted by Gasteiger charge is 2.29. The minimum absolute atomic E-state index is 0.0798. The van der Waals surface area contributed by atoms with Gasteiger partial charge in [-0.1, -0.05) is 0 Å². The van der Waals surface area contributed by atoms with E-state index in [0.717, 1.165) is 50.9 Å². The smallest absolute Gasteiger partial charge is 0.103 e. The molecular formula is C15H25N3O2. The van der Waals surface area contributed by atoms with Crippen molar-refractivity contribution in [3.63, 3.8) is 0 Å². The van der Waals surface area contributed by atoms with Gasteiger partial charge in [-0.15, -0.1) is 0 Å². The molecule has 1 aromatic rings. The van der Waals surface area contributed by atoms with Gasteiger partial charge in [0, 0.05) is 31.3 Å². The molecule has 0 aromatic carbocycles. The summed E-state index contributed by atoms with van der Waals surface area (Å²) in [6, 6.07) is 2.57. The topological polar surface area (TPSA) is 70.2 Å². The Labute approximate surface area is 120 Å². The molecule has 0 bridgehead atoms. The fourth-order valence-electron chi connectivity index (χ4n) is 3.42. The van der Waals surface area contributed by atoms with Gasteiger partial charge in [0.1, 0.15) is 6.10 Å². The van der Waals surface area contributed by atoms with Gasteiger partial charge in [0.2, 0.25) is 0 Å². The number of nitrogens with one attached hydrogen (secondary N) is 2. The first kappa shape index (κ1) is 14.0. The molecule has 2 atom stereocenters. The van der Waals surface area contributed by atoms with Crippen LogP contribution in [0.4, 0.5) is 0 Å². The van der Waals surface area contributed by atoms with E-state index in [9.17, 15) is 5.11 Å². The molecule has 1 aliphatic heterocycles. The summed E-state index contributed by atoms with van der Waals surface area (Å²) >= 11 is 0. The Morgan fingerprint density at radius 2 is 2.15 bits per heavy atom.